The number of thiol groups is 2. The molecule has 0 spiro atoms. The molecule has 0 N–H and O–H groups in total. The molecule has 2 aliphatic rings. The van der Waals surface area contributed by atoms with Gasteiger partial charge >= 0.3 is 20.4 Å². The van der Waals surface area contributed by atoms with Crippen LogP contribution in [0.4, 0.5) is 0 Å². The standard InChI is InChI=1S/2C16H36N.2C3H2S5.Pd/c2*1-5-9-13-17(14-10-6-2,15-11-7-3)16-12-8-4;2*4-1-2(5)8-3(6)7-1;/h2*5-16H2,1-4H3;2*1,4H;/q2*+1;;;+2. The number of thioether (sulfide) groups is 4. The Morgan fingerprint density at radius 2 is 0.588 bits per heavy atom. The Labute approximate surface area is 381 Å². The molecule has 2 fully saturated rings. The molecule has 2 unspecified atom stereocenters. The van der Waals surface area contributed by atoms with Crippen LogP contribution in [-0.2, 0) is 20.4 Å². The van der Waals surface area contributed by atoms with Crippen molar-refractivity contribution < 1.29 is 29.4 Å². The van der Waals surface area contributed by atoms with E-state index in [0.717, 1.165) is 15.5 Å². The summed E-state index contributed by atoms with van der Waals surface area (Å²) in [6, 6.07) is 0. The second kappa shape index (κ2) is 38.6. The average molecular weight is 988 g/mol. The fourth-order valence-electron chi connectivity index (χ4n) is 5.88. The first-order chi connectivity index (χ1) is 23.9. The molecule has 0 saturated carbocycles. The molecule has 2 heterocycles. The van der Waals surface area contributed by atoms with Crippen molar-refractivity contribution in [3.05, 3.63) is 0 Å². The van der Waals surface area contributed by atoms with E-state index >= 15 is 0 Å². The Kier molecular flexibility index (Phi) is 44.1. The molecule has 0 aromatic rings. The van der Waals surface area contributed by atoms with Crippen molar-refractivity contribution in [2.75, 3.05) is 52.4 Å². The molecule has 51 heavy (non-hydrogen) atoms. The predicted molar refractivity (Wildman–Crippen MR) is 265 cm³/mol. The number of nitrogens with zero attached hydrogens (tertiary/aromatic N) is 2. The molecule has 2 nitrogen and oxygen atoms in total. The van der Waals surface area contributed by atoms with Gasteiger partial charge in [-0.3, -0.25) is 0 Å². The van der Waals surface area contributed by atoms with Crippen LogP contribution in [0.3, 0.4) is 0 Å². The van der Waals surface area contributed by atoms with Gasteiger partial charge in [0.2, 0.25) is 0 Å². The van der Waals surface area contributed by atoms with E-state index in [2.05, 4.69) is 80.6 Å². The molecule has 0 bridgehead atoms. The van der Waals surface area contributed by atoms with Gasteiger partial charge in [0, 0.05) is 0 Å². The van der Waals surface area contributed by atoms with Gasteiger partial charge in [-0.05, 0) is 51.4 Å². The normalized spacial score (nSPS) is 17.2. The van der Waals surface area contributed by atoms with Gasteiger partial charge < -0.3 is 8.97 Å². The van der Waals surface area contributed by atoms with Crippen molar-refractivity contribution in [1.29, 1.82) is 0 Å². The fourth-order valence-corrected chi connectivity index (χ4v) is 13.4. The van der Waals surface area contributed by atoms with Crippen LogP contribution < -0.4 is 0 Å². The number of thiocarbonyl (C=S) groups is 4. The molecule has 304 valence electrons. The fraction of sp³-hybridized carbons (Fsp3) is 0.895. The maximum Gasteiger partial charge on any atom is 2.00 e. The monoisotopic (exact) mass is 986 g/mol. The van der Waals surface area contributed by atoms with E-state index < -0.39 is 0 Å². The predicted octanol–water partition coefficient (Wildman–Crippen LogP) is 14.7. The molecular formula is C38H76N2PdS10+4. The Balaban J connectivity index is -0.000000630. The summed E-state index contributed by atoms with van der Waals surface area (Å²) in [4.78, 5) is 0. The number of hydrogen-bond acceptors (Lipinski definition) is 10. The molecule has 0 radical (unpaired) electrons. The molecule has 0 aromatic carbocycles. The third-order valence-electron chi connectivity index (χ3n) is 9.07. The van der Waals surface area contributed by atoms with Crippen LogP contribution in [0.15, 0.2) is 0 Å². The summed E-state index contributed by atoms with van der Waals surface area (Å²) in [5.41, 5.74) is 0. The van der Waals surface area contributed by atoms with Gasteiger partial charge in [0.05, 0.1) is 69.9 Å². The second-order valence-corrected chi connectivity index (χ2v) is 23.4. The van der Waals surface area contributed by atoms with Gasteiger partial charge in [0.15, 0.2) is 0 Å². The summed E-state index contributed by atoms with van der Waals surface area (Å²) in [6.07, 6.45) is 22.1. The molecule has 2 rings (SSSR count). The zero-order valence-electron chi connectivity index (χ0n) is 33.5. The first-order valence-electron chi connectivity index (χ1n) is 19.8. The molecule has 2 atom stereocenters. The third kappa shape index (κ3) is 30.7. The molecule has 2 aliphatic heterocycles. The number of rotatable bonds is 24. The van der Waals surface area contributed by atoms with E-state index in [0.29, 0.717) is 0 Å². The van der Waals surface area contributed by atoms with E-state index in [4.69, 9.17) is 48.9 Å². The van der Waals surface area contributed by atoms with E-state index in [1.807, 2.05) is 0 Å². The van der Waals surface area contributed by atoms with Crippen LogP contribution in [0, 0.1) is 0 Å². The van der Waals surface area contributed by atoms with Crippen molar-refractivity contribution in [3.63, 3.8) is 0 Å². The van der Waals surface area contributed by atoms with Gasteiger partial charge in [-0.25, -0.2) is 0 Å². The smallest absolute Gasteiger partial charge is 0.324 e. The van der Waals surface area contributed by atoms with Crippen LogP contribution in [-0.4, -0.2) is 85.9 Å². The zero-order chi connectivity index (χ0) is 38.3. The molecular weight excluding hydrogens is 912 g/mol. The first kappa shape index (κ1) is 58.4. The average Bonchev–Trinajstić information content (AvgIpc) is 3.57. The van der Waals surface area contributed by atoms with Crippen LogP contribution >= 0.6 is 121 Å². The van der Waals surface area contributed by atoms with Crippen LogP contribution in [0.1, 0.15) is 158 Å². The van der Waals surface area contributed by atoms with Crippen LogP contribution in [0.5, 0.6) is 0 Å². The summed E-state index contributed by atoms with van der Waals surface area (Å²) in [5, 5.41) is 0. The number of hydrogen-bond donors (Lipinski definition) is 2. The molecule has 0 aliphatic carbocycles. The van der Waals surface area contributed by atoms with Crippen molar-refractivity contribution in [3.8, 4) is 0 Å². The van der Waals surface area contributed by atoms with E-state index in [-0.39, 0.29) is 29.6 Å². The third-order valence-corrected chi connectivity index (χ3v) is 17.2. The van der Waals surface area contributed by atoms with Crippen molar-refractivity contribution in [1.82, 2.24) is 0 Å². The first-order valence-corrected chi connectivity index (χ1v) is 25.9. The summed E-state index contributed by atoms with van der Waals surface area (Å²) < 4.78 is 6.73. The van der Waals surface area contributed by atoms with Crippen LogP contribution in [0.25, 0.3) is 0 Å². The minimum Gasteiger partial charge on any atom is -0.324 e. The van der Waals surface area contributed by atoms with Gasteiger partial charge in [0.25, 0.3) is 0 Å². The van der Waals surface area contributed by atoms with Gasteiger partial charge in [-0.1, -0.05) is 203 Å². The van der Waals surface area contributed by atoms with Crippen molar-refractivity contribution in [2.24, 2.45) is 0 Å². The van der Waals surface area contributed by atoms with E-state index in [1.165, 1.54) is 188 Å². The maximum atomic E-state index is 4.90. The minimum atomic E-state index is 0. The topological polar surface area (TPSA) is 0 Å². The summed E-state index contributed by atoms with van der Waals surface area (Å²) in [7, 11) is 0. The van der Waals surface area contributed by atoms with Gasteiger partial charge in [0.1, 0.15) is 7.06 Å². The Morgan fingerprint density at radius 3 is 0.667 bits per heavy atom. The molecule has 0 aromatic heterocycles. The number of quaternary nitrogens is 2. The SMILES string of the molecule is CCCC[N+](CCCC)(CCCC)CCCC.CCCC[N+](CCCC)(CCCC)CCCC.S=C1SC(=S)C(S)S1.S=C1SC(=S)C(S)S1.[Pd+2]. The quantitative estimate of drug-likeness (QED) is 0.0420. The summed E-state index contributed by atoms with van der Waals surface area (Å²) in [5.74, 6) is 0. The molecule has 0 amide bonds. The summed E-state index contributed by atoms with van der Waals surface area (Å²) >= 11 is 33.9. The second-order valence-electron chi connectivity index (χ2n) is 13.6. The van der Waals surface area contributed by atoms with Gasteiger partial charge in [-0.15, -0.1) is 0 Å². The Hall–Kier alpha value is 3.04. The molecule has 2 saturated heterocycles. The Bertz CT molecular complexity index is 748. The largest absolute Gasteiger partial charge is 2.00 e. The van der Waals surface area contributed by atoms with Crippen molar-refractivity contribution >= 4 is 137 Å². The van der Waals surface area contributed by atoms with E-state index in [9.17, 15) is 0 Å². The number of unbranched alkanes of at least 4 members (excludes halogenated alkanes) is 8. The minimum absolute atomic E-state index is 0. The van der Waals surface area contributed by atoms with E-state index in [1.54, 1.807) is 23.5 Å². The maximum absolute atomic E-state index is 4.90. The zero-order valence-corrected chi connectivity index (χ0v) is 43.4. The summed E-state index contributed by atoms with van der Waals surface area (Å²) in [6.45, 7) is 30.0. The van der Waals surface area contributed by atoms with Crippen LogP contribution in [0.2, 0.25) is 0 Å². The van der Waals surface area contributed by atoms with Gasteiger partial charge in [-0.2, -0.15) is 25.3 Å². The molecule has 13 heteroatoms. The van der Waals surface area contributed by atoms with Crippen molar-refractivity contribution in [2.45, 2.75) is 167 Å². The Morgan fingerprint density at radius 1 is 0.412 bits per heavy atom.